The van der Waals surface area contributed by atoms with E-state index in [0.29, 0.717) is 0 Å². The van der Waals surface area contributed by atoms with Gasteiger partial charge >= 0.3 is 0 Å². The summed E-state index contributed by atoms with van der Waals surface area (Å²) in [6, 6.07) is 32.3. The smallest absolute Gasteiger partial charge is 0.297 e. The van der Waals surface area contributed by atoms with Crippen LogP contribution < -0.4 is 26.4 Å². The molecule has 6 aliphatic rings. The van der Waals surface area contributed by atoms with E-state index in [2.05, 4.69) is 199 Å². The van der Waals surface area contributed by atoms with Gasteiger partial charge in [0.15, 0.2) is 0 Å². The van der Waals surface area contributed by atoms with E-state index in [1.54, 1.807) is 5.56 Å². The van der Waals surface area contributed by atoms with Crippen LogP contribution in [-0.4, -0.2) is 6.71 Å². The minimum absolute atomic E-state index is 0.0270. The second-order valence-corrected chi connectivity index (χ2v) is 26.4. The molecule has 1 aromatic heterocycles. The van der Waals surface area contributed by atoms with Crippen LogP contribution in [0.2, 0.25) is 0 Å². The fourth-order valence-electron chi connectivity index (χ4n) is 12.9. The average Bonchev–Trinajstić information content (AvgIpc) is 3.59. The van der Waals surface area contributed by atoms with E-state index in [4.69, 9.17) is 4.42 Å². The topological polar surface area (TPSA) is 19.6 Å². The van der Waals surface area contributed by atoms with Gasteiger partial charge in [0.1, 0.15) is 5.58 Å². The van der Waals surface area contributed by atoms with Gasteiger partial charge in [-0.15, -0.1) is 0 Å². The van der Waals surface area contributed by atoms with Crippen LogP contribution in [0.5, 0.6) is 0 Å². The Morgan fingerprint density at radius 1 is 0.492 bits per heavy atom. The first-order valence-electron chi connectivity index (χ1n) is 25.0. The Balaban J connectivity index is 1.27. The van der Waals surface area contributed by atoms with E-state index in [-0.39, 0.29) is 44.6 Å². The number of anilines is 6. The molecule has 2 bridgehead atoms. The molecule has 6 aromatic rings. The van der Waals surface area contributed by atoms with E-state index in [9.17, 15) is 0 Å². The second kappa shape index (κ2) is 13.3. The molecular formula is C61H73BN2O. The predicted molar refractivity (Wildman–Crippen MR) is 280 cm³/mol. The van der Waals surface area contributed by atoms with Crippen LogP contribution in [0.25, 0.3) is 11.0 Å². The minimum atomic E-state index is -0.0892. The van der Waals surface area contributed by atoms with Gasteiger partial charge in [0.25, 0.3) is 6.71 Å². The van der Waals surface area contributed by atoms with Gasteiger partial charge in [0.2, 0.25) is 0 Å². The quantitative estimate of drug-likeness (QED) is 0.161. The van der Waals surface area contributed by atoms with Crippen LogP contribution in [0.4, 0.5) is 34.1 Å². The molecule has 2 aliphatic heterocycles. The highest BCUT2D eigenvalue weighted by Crippen LogP contribution is 2.59. The molecule has 5 aromatic carbocycles. The van der Waals surface area contributed by atoms with E-state index in [0.717, 1.165) is 11.2 Å². The van der Waals surface area contributed by atoms with Crippen molar-refractivity contribution in [3.63, 3.8) is 0 Å². The molecule has 1 fully saturated rings. The van der Waals surface area contributed by atoms with Crippen molar-refractivity contribution < 1.29 is 4.42 Å². The van der Waals surface area contributed by atoms with Gasteiger partial charge in [-0.2, -0.15) is 0 Å². The van der Waals surface area contributed by atoms with Crippen molar-refractivity contribution in [1.82, 2.24) is 0 Å². The Labute approximate surface area is 391 Å². The lowest BCUT2D eigenvalue weighted by Crippen LogP contribution is -2.61. The largest absolute Gasteiger partial charge is 0.468 e. The van der Waals surface area contributed by atoms with Crippen molar-refractivity contribution in [2.75, 3.05) is 9.80 Å². The zero-order valence-electron chi connectivity index (χ0n) is 42.6. The summed E-state index contributed by atoms with van der Waals surface area (Å²) in [5.74, 6) is 0. The number of furan rings is 1. The lowest BCUT2D eigenvalue weighted by atomic mass is 9.35. The van der Waals surface area contributed by atoms with Crippen molar-refractivity contribution in [3.8, 4) is 0 Å². The number of hydrogen-bond donors (Lipinski definition) is 0. The summed E-state index contributed by atoms with van der Waals surface area (Å²) >= 11 is 0. The third-order valence-electron chi connectivity index (χ3n) is 17.6. The van der Waals surface area contributed by atoms with Crippen LogP contribution in [0.15, 0.2) is 83.3 Å². The van der Waals surface area contributed by atoms with E-state index in [1.807, 2.05) is 0 Å². The molecule has 1 saturated carbocycles. The molecule has 12 rings (SSSR count). The van der Waals surface area contributed by atoms with E-state index in [1.165, 1.54) is 128 Å². The zero-order chi connectivity index (χ0) is 46.3. The van der Waals surface area contributed by atoms with E-state index >= 15 is 0 Å². The number of aryl methyl sites for hydroxylation is 1. The summed E-state index contributed by atoms with van der Waals surface area (Å²) in [6.07, 6.45) is 7.37. The van der Waals surface area contributed by atoms with Crippen molar-refractivity contribution in [1.29, 1.82) is 0 Å². The van der Waals surface area contributed by atoms with Crippen molar-refractivity contribution in [2.45, 2.75) is 187 Å². The third-order valence-corrected chi connectivity index (χ3v) is 17.6. The maximum absolute atomic E-state index is 7.65. The standard InChI is InChI=1S/C61H73BN2O/c1-36-27-49-52-50(28-36)64(40-18-19-43-44(33-40)59(13,14)22-21-58(43,11)12)53-42-34-45-46(61(16)25-23-60(45,15)24-26-61)35-51(42)65-54(53)62(52)47-32-37(55(2,3)4)17-20-48(47)63(49)41-30-38(56(5,6)7)29-39(31-41)57(8,9)10/h17-20,27-35H,21-26H2,1-16H3. The molecule has 0 amide bonds. The van der Waals surface area contributed by atoms with Crippen LogP contribution in [-0.2, 0) is 37.9 Å². The number of benzene rings is 5. The van der Waals surface area contributed by atoms with Gasteiger partial charge < -0.3 is 14.2 Å². The average molecular weight is 861 g/mol. The number of fused-ring (bicyclic) bond motifs is 9. The summed E-state index contributed by atoms with van der Waals surface area (Å²) in [4.78, 5) is 5.28. The van der Waals surface area contributed by atoms with Gasteiger partial charge in [-0.05, 0) is 193 Å². The van der Waals surface area contributed by atoms with Gasteiger partial charge in [-0.1, -0.05) is 128 Å². The highest BCUT2D eigenvalue weighted by molar-refractivity contribution is 7.00. The summed E-state index contributed by atoms with van der Waals surface area (Å²) in [5, 5.41) is 1.26. The van der Waals surface area contributed by atoms with E-state index < -0.39 is 0 Å². The first kappa shape index (κ1) is 42.9. The third kappa shape index (κ3) is 6.27. The van der Waals surface area contributed by atoms with Gasteiger partial charge in [0.05, 0.1) is 11.3 Å². The number of hydrogen-bond acceptors (Lipinski definition) is 3. The molecule has 3 nitrogen and oxygen atoms in total. The van der Waals surface area contributed by atoms with Crippen LogP contribution >= 0.6 is 0 Å². The first-order chi connectivity index (χ1) is 30.2. The molecule has 65 heavy (non-hydrogen) atoms. The Hall–Kier alpha value is -4.70. The number of nitrogens with zero attached hydrogens (tertiary/aromatic N) is 2. The van der Waals surface area contributed by atoms with Gasteiger partial charge in [0, 0.05) is 33.8 Å². The van der Waals surface area contributed by atoms with Crippen molar-refractivity contribution in [2.24, 2.45) is 0 Å². The fourth-order valence-corrected chi connectivity index (χ4v) is 12.9. The zero-order valence-corrected chi connectivity index (χ0v) is 42.6. The molecule has 0 atom stereocenters. The highest BCUT2D eigenvalue weighted by Gasteiger charge is 2.51. The van der Waals surface area contributed by atoms with Crippen molar-refractivity contribution in [3.05, 3.63) is 123 Å². The second-order valence-electron chi connectivity index (χ2n) is 26.4. The highest BCUT2D eigenvalue weighted by atomic mass is 16.3. The van der Waals surface area contributed by atoms with Crippen molar-refractivity contribution >= 4 is 68.4 Å². The molecule has 0 spiro atoms. The predicted octanol–water partition coefficient (Wildman–Crippen LogP) is 15.2. The summed E-state index contributed by atoms with van der Waals surface area (Å²) in [5.41, 5.74) is 24.0. The Kier molecular flexibility index (Phi) is 8.75. The molecule has 4 aliphatic carbocycles. The molecule has 4 heteroatoms. The lowest BCUT2D eigenvalue weighted by Gasteiger charge is -2.52. The molecule has 3 heterocycles. The normalized spacial score (nSPS) is 22.7. The summed E-state index contributed by atoms with van der Waals surface area (Å²) < 4.78 is 7.65. The van der Waals surface area contributed by atoms with Crippen LogP contribution in [0.1, 0.15) is 187 Å². The summed E-state index contributed by atoms with van der Waals surface area (Å²) in [7, 11) is 0. The number of rotatable bonds is 2. The Bertz CT molecular complexity index is 2970. The first-order valence-corrected chi connectivity index (χ1v) is 25.0. The molecule has 0 saturated heterocycles. The van der Waals surface area contributed by atoms with Crippen LogP contribution in [0.3, 0.4) is 0 Å². The molecular weight excluding hydrogens is 787 g/mol. The maximum Gasteiger partial charge on any atom is 0.297 e. The maximum atomic E-state index is 7.65. The van der Waals surface area contributed by atoms with Crippen LogP contribution in [0, 0.1) is 6.92 Å². The Morgan fingerprint density at radius 2 is 1.05 bits per heavy atom. The molecule has 0 radical (unpaired) electrons. The SMILES string of the molecule is Cc1cc2c3c(c1)N(c1ccc4c(c1)C(C)(C)CCC4(C)C)c1c(oc4cc5c(cc14)C1(C)CCC5(C)CC1)B3c1cc(C(C)(C)C)ccc1N2c1cc(C(C)(C)C)cc(C(C)(C)C)c1. The fraction of sp³-hybridized carbons (Fsp3) is 0.475. The van der Waals surface area contributed by atoms with Gasteiger partial charge in [-0.25, -0.2) is 0 Å². The Morgan fingerprint density at radius 3 is 1.63 bits per heavy atom. The monoisotopic (exact) mass is 861 g/mol. The van der Waals surface area contributed by atoms with Gasteiger partial charge in [-0.3, -0.25) is 0 Å². The molecule has 0 unspecified atom stereocenters. The lowest BCUT2D eigenvalue weighted by molar-refractivity contribution is 0.188. The summed E-state index contributed by atoms with van der Waals surface area (Å²) in [6.45, 7) is 38.3. The minimum Gasteiger partial charge on any atom is -0.468 e. The molecule has 336 valence electrons. The molecule has 0 N–H and O–H groups in total.